The van der Waals surface area contributed by atoms with Crippen LogP contribution in [0.3, 0.4) is 0 Å². The summed E-state index contributed by atoms with van der Waals surface area (Å²) in [6.07, 6.45) is 3.50. The van der Waals surface area contributed by atoms with Gasteiger partial charge < -0.3 is 0 Å². The van der Waals surface area contributed by atoms with E-state index >= 15 is 0 Å². The van der Waals surface area contributed by atoms with Crippen LogP contribution in [0.4, 0.5) is 0 Å². The molecule has 0 saturated heterocycles. The van der Waals surface area contributed by atoms with Crippen molar-refractivity contribution in [3.05, 3.63) is 0 Å². The van der Waals surface area contributed by atoms with Gasteiger partial charge in [-0.2, -0.15) is 0 Å². The Hall–Kier alpha value is -0.0200. The first-order valence-corrected chi connectivity index (χ1v) is 5.16. The molecule has 12 heavy (non-hydrogen) atoms. The highest BCUT2D eigenvalue weighted by molar-refractivity contribution is 8.15. The largest absolute Gasteiger partial charge is 0.288 e. The van der Waals surface area contributed by atoms with Crippen LogP contribution in [0.2, 0.25) is 0 Å². The molecule has 0 N–H and O–H groups in total. The van der Waals surface area contributed by atoms with Gasteiger partial charge in [0.25, 0.3) is 0 Å². The van der Waals surface area contributed by atoms with Crippen LogP contribution < -0.4 is 0 Å². The summed E-state index contributed by atoms with van der Waals surface area (Å²) in [4.78, 5) is 22.0. The highest BCUT2D eigenvalue weighted by Crippen LogP contribution is 2.43. The molecule has 0 unspecified atom stereocenters. The molecule has 0 aliphatic heterocycles. The van der Waals surface area contributed by atoms with E-state index in [1.807, 2.05) is 0 Å². The first-order chi connectivity index (χ1) is 5.57. The molecule has 0 bridgehead atoms. The van der Waals surface area contributed by atoms with Crippen LogP contribution in [0, 0.1) is 0 Å². The number of hydrogen-bond donors (Lipinski definition) is 0. The number of rotatable bonds is 2. The van der Waals surface area contributed by atoms with Gasteiger partial charge in [-0.1, -0.05) is 24.6 Å². The Morgan fingerprint density at radius 2 is 1.83 bits per heavy atom. The predicted molar refractivity (Wildman–Crippen MR) is 50.3 cm³/mol. The molecule has 0 atom stereocenters. The van der Waals surface area contributed by atoms with Gasteiger partial charge in [-0.05, 0) is 24.4 Å². The van der Waals surface area contributed by atoms with Crippen molar-refractivity contribution in [2.24, 2.45) is 0 Å². The van der Waals surface area contributed by atoms with E-state index in [1.165, 1.54) is 6.92 Å². The third-order valence-corrected chi connectivity index (χ3v) is 3.85. The summed E-state index contributed by atoms with van der Waals surface area (Å²) in [6.45, 7) is 1.48. The Morgan fingerprint density at radius 3 is 2.17 bits per heavy atom. The maximum absolute atomic E-state index is 11.1. The molecule has 1 rings (SSSR count). The van der Waals surface area contributed by atoms with Crippen molar-refractivity contribution < 1.29 is 9.59 Å². The van der Waals surface area contributed by atoms with Gasteiger partial charge in [0, 0.05) is 6.92 Å². The molecule has 0 amide bonds. The second-order valence-corrected chi connectivity index (χ2v) is 4.97. The topological polar surface area (TPSA) is 34.1 Å². The molecule has 0 heterocycles. The predicted octanol–water partition coefficient (Wildman–Crippen LogP) is 2.34. The maximum atomic E-state index is 11.1. The Labute approximate surface area is 81.0 Å². The van der Waals surface area contributed by atoms with Gasteiger partial charge in [-0.25, -0.2) is 0 Å². The number of carbonyl (C=O) groups excluding carboxylic acids is 2. The Kier molecular flexibility index (Phi) is 3.18. The minimum Gasteiger partial charge on any atom is -0.288 e. The zero-order valence-electron chi connectivity index (χ0n) is 6.93. The lowest BCUT2D eigenvalue weighted by molar-refractivity contribution is -0.114. The summed E-state index contributed by atoms with van der Waals surface area (Å²) in [7, 11) is 0. The Balaban J connectivity index is 2.72. The van der Waals surface area contributed by atoms with Gasteiger partial charge in [-0.3, -0.25) is 9.59 Å². The molecule has 0 spiro atoms. The quantitative estimate of drug-likeness (QED) is 0.651. The fraction of sp³-hybridized carbons (Fsp3) is 0.750. The van der Waals surface area contributed by atoms with Crippen molar-refractivity contribution >= 4 is 33.7 Å². The fourth-order valence-corrected chi connectivity index (χ4v) is 2.99. The van der Waals surface area contributed by atoms with Crippen LogP contribution in [0.15, 0.2) is 0 Å². The van der Waals surface area contributed by atoms with Crippen LogP contribution in [0.5, 0.6) is 0 Å². The number of carbonyl (C=O) groups is 2. The smallest absolute Gasteiger partial charge is 0.238 e. The fourth-order valence-electron chi connectivity index (χ4n) is 1.56. The summed E-state index contributed by atoms with van der Waals surface area (Å²) in [5.41, 5.74) is 0. The summed E-state index contributed by atoms with van der Waals surface area (Å²) >= 11 is 6.57. The van der Waals surface area contributed by atoms with Crippen molar-refractivity contribution in [3.63, 3.8) is 0 Å². The second-order valence-electron chi connectivity index (χ2n) is 3.07. The molecular formula is C8H11ClO2S. The highest BCUT2D eigenvalue weighted by Gasteiger charge is 2.41. The van der Waals surface area contributed by atoms with Crippen molar-refractivity contribution in [1.29, 1.82) is 0 Å². The minimum absolute atomic E-state index is 0.0223. The number of hydrogen-bond acceptors (Lipinski definition) is 3. The normalized spacial score (nSPS) is 20.8. The van der Waals surface area contributed by atoms with Crippen LogP contribution >= 0.6 is 23.4 Å². The average Bonchev–Trinajstić information content (AvgIpc) is 2.35. The SMILES string of the molecule is CC(=O)SC1(C(=O)Cl)CCCC1. The Morgan fingerprint density at radius 1 is 1.33 bits per heavy atom. The highest BCUT2D eigenvalue weighted by atomic mass is 35.5. The van der Waals surface area contributed by atoms with Crippen LogP contribution in [0.1, 0.15) is 32.6 Å². The van der Waals surface area contributed by atoms with E-state index < -0.39 is 4.75 Å². The number of halogens is 1. The van der Waals surface area contributed by atoms with Gasteiger partial charge in [0.2, 0.25) is 5.24 Å². The Bertz CT molecular complexity index is 209. The van der Waals surface area contributed by atoms with E-state index in [9.17, 15) is 9.59 Å². The monoisotopic (exact) mass is 206 g/mol. The summed E-state index contributed by atoms with van der Waals surface area (Å²) in [6, 6.07) is 0. The van der Waals surface area contributed by atoms with Gasteiger partial charge in [0.15, 0.2) is 5.12 Å². The minimum atomic E-state index is -0.590. The zero-order chi connectivity index (χ0) is 9.19. The van der Waals surface area contributed by atoms with Gasteiger partial charge in [-0.15, -0.1) is 0 Å². The van der Waals surface area contributed by atoms with Crippen LogP contribution in [0.25, 0.3) is 0 Å². The molecule has 0 aromatic heterocycles. The molecule has 1 saturated carbocycles. The molecule has 1 fully saturated rings. The molecule has 4 heteroatoms. The maximum Gasteiger partial charge on any atom is 0.238 e. The summed E-state index contributed by atoms with van der Waals surface area (Å²) in [5.74, 6) is 0. The van der Waals surface area contributed by atoms with Gasteiger partial charge >= 0.3 is 0 Å². The van der Waals surface area contributed by atoms with Crippen molar-refractivity contribution in [2.45, 2.75) is 37.4 Å². The molecule has 0 aromatic carbocycles. The lowest BCUT2D eigenvalue weighted by atomic mass is 10.1. The average molecular weight is 207 g/mol. The first-order valence-electron chi connectivity index (χ1n) is 3.96. The standard InChI is InChI=1S/C8H11ClO2S/c1-6(10)12-8(7(9)11)4-2-3-5-8/h2-5H2,1H3. The van der Waals surface area contributed by atoms with Crippen LogP contribution in [-0.4, -0.2) is 15.1 Å². The molecule has 2 nitrogen and oxygen atoms in total. The second kappa shape index (κ2) is 3.79. The van der Waals surface area contributed by atoms with Gasteiger partial charge in [0.1, 0.15) is 0 Å². The summed E-state index contributed by atoms with van der Waals surface area (Å²) < 4.78 is -0.590. The third kappa shape index (κ3) is 2.02. The van der Waals surface area contributed by atoms with E-state index in [-0.39, 0.29) is 10.4 Å². The molecule has 1 aliphatic carbocycles. The number of thioether (sulfide) groups is 1. The molecular weight excluding hydrogens is 196 g/mol. The lowest BCUT2D eigenvalue weighted by Gasteiger charge is -2.21. The van der Waals surface area contributed by atoms with E-state index in [1.54, 1.807) is 0 Å². The van der Waals surface area contributed by atoms with E-state index in [0.29, 0.717) is 0 Å². The van der Waals surface area contributed by atoms with E-state index in [2.05, 4.69) is 0 Å². The van der Waals surface area contributed by atoms with Gasteiger partial charge in [0.05, 0.1) is 4.75 Å². The molecule has 0 radical (unpaired) electrons. The van der Waals surface area contributed by atoms with Crippen molar-refractivity contribution in [1.82, 2.24) is 0 Å². The first kappa shape index (κ1) is 10.1. The van der Waals surface area contributed by atoms with Crippen molar-refractivity contribution in [3.8, 4) is 0 Å². The van der Waals surface area contributed by atoms with E-state index in [4.69, 9.17) is 11.6 Å². The molecule has 0 aromatic rings. The lowest BCUT2D eigenvalue weighted by Crippen LogP contribution is -2.29. The van der Waals surface area contributed by atoms with Crippen molar-refractivity contribution in [2.75, 3.05) is 0 Å². The van der Waals surface area contributed by atoms with E-state index in [0.717, 1.165) is 37.4 Å². The zero-order valence-corrected chi connectivity index (χ0v) is 8.50. The molecule has 1 aliphatic rings. The molecule has 68 valence electrons. The van der Waals surface area contributed by atoms with Crippen LogP contribution in [-0.2, 0) is 9.59 Å². The third-order valence-electron chi connectivity index (χ3n) is 2.11. The summed E-state index contributed by atoms with van der Waals surface area (Å²) in [5, 5.41) is -0.383.